The zero-order valence-corrected chi connectivity index (χ0v) is 17.2. The van der Waals surface area contributed by atoms with Crippen molar-refractivity contribution in [2.24, 2.45) is 0 Å². The topological polar surface area (TPSA) is 109 Å². The first kappa shape index (κ1) is 30.0. The first-order valence-corrected chi connectivity index (χ1v) is 8.98. The standard InChI is InChI=1S/C10H15N2O2S.C5H5.3CH2O.Mn/c13-5-3-1-2-4-8-9-7(6-15-8)11-10(14)12-9;1-2-4-5-3-1;3*1-2;/h7-9H,1-4,6H2,(H2,11,12,14);1-3H,4H2;3*1H2;/q2*-1;;;;+2/t7-,8-,9-;;;;;/m0...../s1. The summed E-state index contributed by atoms with van der Waals surface area (Å²) in [4.78, 5) is 45.1. The van der Waals surface area contributed by atoms with Crippen LogP contribution in [0.25, 0.3) is 0 Å². The van der Waals surface area contributed by atoms with Gasteiger partial charge in [-0.1, -0.05) is 12.8 Å². The Morgan fingerprint density at radius 1 is 1.15 bits per heavy atom. The molecule has 27 heavy (non-hydrogen) atoms. The zero-order chi connectivity index (χ0) is 20.2. The van der Waals surface area contributed by atoms with Crippen LogP contribution in [0.2, 0.25) is 0 Å². The SMILES string of the molecule is C=O.C=O.C=O.O=[C-]CCCC[C@@H]1SC[C@@H]2NC(=O)N[C@@H]21.[C-]1=CC=CC1.[Mn+2]. The Labute approximate surface area is 175 Å². The molecule has 2 N–H and O–H groups in total. The third kappa shape index (κ3) is 13.2. The van der Waals surface area contributed by atoms with Crippen molar-refractivity contribution in [1.82, 2.24) is 10.6 Å². The maximum absolute atomic E-state index is 11.1. The molecule has 2 amide bonds. The van der Waals surface area contributed by atoms with E-state index in [0.29, 0.717) is 23.8 Å². The number of rotatable bonds is 5. The number of hydrogen-bond donors (Lipinski definition) is 2. The maximum atomic E-state index is 11.1. The molecule has 151 valence electrons. The van der Waals surface area contributed by atoms with Gasteiger partial charge in [-0.05, 0) is 6.42 Å². The molecule has 1 radical (unpaired) electrons. The van der Waals surface area contributed by atoms with Gasteiger partial charge < -0.3 is 29.8 Å². The van der Waals surface area contributed by atoms with E-state index in [9.17, 15) is 9.59 Å². The molecule has 9 heteroatoms. The second-order valence-corrected chi connectivity index (χ2v) is 6.29. The largest absolute Gasteiger partial charge is 2.00 e. The Kier molecular flexibility index (Phi) is 24.9. The number of thioether (sulfide) groups is 1. The van der Waals surface area contributed by atoms with E-state index in [-0.39, 0.29) is 23.1 Å². The van der Waals surface area contributed by atoms with Crippen molar-refractivity contribution in [1.29, 1.82) is 0 Å². The Morgan fingerprint density at radius 2 is 1.81 bits per heavy atom. The van der Waals surface area contributed by atoms with Gasteiger partial charge in [0.1, 0.15) is 20.4 Å². The molecule has 0 aromatic carbocycles. The molecular formula is C18H26MnN2O5S. The third-order valence-corrected chi connectivity index (χ3v) is 5.05. The Bertz CT molecular complexity index is 437. The van der Waals surface area contributed by atoms with Gasteiger partial charge in [0, 0.05) is 11.0 Å². The number of unbranched alkanes of at least 4 members (excludes halogenated alkanes) is 2. The fourth-order valence-electron chi connectivity index (χ4n) is 2.53. The number of fused-ring (bicyclic) bond motifs is 1. The molecule has 0 bridgehead atoms. The molecule has 0 unspecified atom stereocenters. The van der Waals surface area contributed by atoms with Crippen molar-refractivity contribution in [3.63, 3.8) is 0 Å². The molecule has 2 heterocycles. The second-order valence-electron chi connectivity index (χ2n) is 5.02. The fraction of sp³-hybridized carbons (Fsp3) is 0.500. The van der Waals surface area contributed by atoms with Gasteiger partial charge in [-0.25, -0.2) is 16.9 Å². The minimum Gasteiger partial charge on any atom is -0.542 e. The van der Waals surface area contributed by atoms with Gasteiger partial charge in [0.05, 0.1) is 12.1 Å². The molecule has 3 aliphatic rings. The van der Waals surface area contributed by atoms with Crippen molar-refractivity contribution in [2.45, 2.75) is 49.4 Å². The Balaban J connectivity index is -0.000000403. The van der Waals surface area contributed by atoms with Gasteiger partial charge in [-0.3, -0.25) is 12.4 Å². The molecular weight excluding hydrogens is 411 g/mol. The van der Waals surface area contributed by atoms with E-state index in [4.69, 9.17) is 14.4 Å². The van der Waals surface area contributed by atoms with E-state index < -0.39 is 0 Å². The minimum atomic E-state index is -0.0310. The molecule has 0 spiro atoms. The van der Waals surface area contributed by atoms with E-state index in [1.807, 2.05) is 50.6 Å². The summed E-state index contributed by atoms with van der Waals surface area (Å²) >= 11 is 1.92. The molecule has 3 rings (SSSR count). The summed E-state index contributed by atoms with van der Waals surface area (Å²) in [6, 6.07) is 0.573. The van der Waals surface area contributed by atoms with Crippen molar-refractivity contribution >= 4 is 44.4 Å². The molecule has 2 saturated heterocycles. The molecule has 7 nitrogen and oxygen atoms in total. The first-order valence-electron chi connectivity index (χ1n) is 7.93. The molecule has 0 saturated carbocycles. The van der Waals surface area contributed by atoms with Gasteiger partial charge >= 0.3 is 23.1 Å². The number of hydrogen-bond acceptors (Lipinski definition) is 6. The van der Waals surface area contributed by atoms with Crippen LogP contribution in [0.3, 0.4) is 0 Å². The fourth-order valence-corrected chi connectivity index (χ4v) is 4.07. The first-order chi connectivity index (χ1) is 12.8. The average molecular weight is 437 g/mol. The summed E-state index contributed by atoms with van der Waals surface area (Å²) in [7, 11) is 0. The number of carbonyl (C=O) groups is 4. The number of amides is 2. The van der Waals surface area contributed by atoms with Gasteiger partial charge in [0.15, 0.2) is 0 Å². The van der Waals surface area contributed by atoms with Crippen LogP contribution < -0.4 is 10.6 Å². The van der Waals surface area contributed by atoms with E-state index >= 15 is 0 Å². The van der Waals surface area contributed by atoms with Crippen LogP contribution in [0.4, 0.5) is 4.79 Å². The van der Waals surface area contributed by atoms with Gasteiger partial charge in [0.2, 0.25) is 0 Å². The summed E-state index contributed by atoms with van der Waals surface area (Å²) in [6.07, 6.45) is 15.5. The smallest absolute Gasteiger partial charge is 0.542 e. The number of carbonyl (C=O) groups excluding carboxylic acids is 5. The molecule has 1 aliphatic carbocycles. The summed E-state index contributed by atoms with van der Waals surface area (Å²) in [5.41, 5.74) is 0. The Morgan fingerprint density at radius 3 is 2.30 bits per heavy atom. The van der Waals surface area contributed by atoms with E-state index in [1.54, 1.807) is 0 Å². The van der Waals surface area contributed by atoms with Crippen molar-refractivity contribution < 1.29 is 41.0 Å². The van der Waals surface area contributed by atoms with Crippen molar-refractivity contribution in [2.75, 3.05) is 5.75 Å². The predicted molar refractivity (Wildman–Crippen MR) is 103 cm³/mol. The minimum absolute atomic E-state index is 0. The van der Waals surface area contributed by atoms with Crippen LogP contribution in [-0.4, -0.2) is 55.8 Å². The van der Waals surface area contributed by atoms with Crippen LogP contribution in [0, 0.1) is 6.08 Å². The normalized spacial score (nSPS) is 22.2. The van der Waals surface area contributed by atoms with E-state index in [0.717, 1.165) is 31.4 Å². The number of urea groups is 1. The summed E-state index contributed by atoms with van der Waals surface area (Å²) in [5.74, 6) is 1.01. The second kappa shape index (κ2) is 22.3. The van der Waals surface area contributed by atoms with Crippen molar-refractivity contribution in [3.05, 3.63) is 24.3 Å². The molecule has 2 aliphatic heterocycles. The van der Waals surface area contributed by atoms with E-state index in [2.05, 4.69) is 22.8 Å². The summed E-state index contributed by atoms with van der Waals surface area (Å²) in [6.45, 7) is 6.00. The van der Waals surface area contributed by atoms with Gasteiger partial charge in [-0.2, -0.15) is 24.3 Å². The van der Waals surface area contributed by atoms with Crippen LogP contribution in [0.15, 0.2) is 18.2 Å². The average Bonchev–Trinajstić information content (AvgIpc) is 3.45. The number of allylic oxidation sites excluding steroid dienone is 4. The van der Waals surface area contributed by atoms with Crippen LogP contribution >= 0.6 is 11.8 Å². The third-order valence-electron chi connectivity index (χ3n) is 3.54. The molecule has 0 aromatic rings. The quantitative estimate of drug-likeness (QED) is 0.293. The molecule has 0 aromatic heterocycles. The van der Waals surface area contributed by atoms with Crippen LogP contribution in [0.1, 0.15) is 32.1 Å². The van der Waals surface area contributed by atoms with E-state index in [1.165, 1.54) is 0 Å². The summed E-state index contributed by atoms with van der Waals surface area (Å²) < 4.78 is 0. The Hall–Kier alpha value is -1.70. The predicted octanol–water partition coefficient (Wildman–Crippen LogP) is 1.57. The maximum Gasteiger partial charge on any atom is 2.00 e. The summed E-state index contributed by atoms with van der Waals surface area (Å²) in [5, 5.41) is 6.39. The number of nitrogens with one attached hydrogen (secondary N) is 2. The van der Waals surface area contributed by atoms with Gasteiger partial charge in [-0.15, -0.1) is 6.42 Å². The van der Waals surface area contributed by atoms with Gasteiger partial charge in [0.25, 0.3) is 0 Å². The van der Waals surface area contributed by atoms with Crippen molar-refractivity contribution in [3.8, 4) is 0 Å². The van der Waals surface area contributed by atoms with Crippen LogP contribution in [-0.2, 0) is 36.2 Å². The zero-order valence-electron chi connectivity index (χ0n) is 15.2. The molecule has 2 fully saturated rings. The molecule has 3 atom stereocenters. The van der Waals surface area contributed by atoms with Crippen LogP contribution in [0.5, 0.6) is 0 Å². The monoisotopic (exact) mass is 437 g/mol.